The van der Waals surface area contributed by atoms with Crippen LogP contribution in [0.5, 0.6) is 11.6 Å². The van der Waals surface area contributed by atoms with Gasteiger partial charge < -0.3 is 33.8 Å². The Kier molecular flexibility index (Phi) is 8.21. The van der Waals surface area contributed by atoms with E-state index in [4.69, 9.17) is 14.0 Å². The van der Waals surface area contributed by atoms with Gasteiger partial charge in [0.05, 0.1) is 60.5 Å². The van der Waals surface area contributed by atoms with Gasteiger partial charge in [0.2, 0.25) is 17.6 Å². The number of imidazole rings is 2. The van der Waals surface area contributed by atoms with Crippen LogP contribution in [-0.4, -0.2) is 67.3 Å². The summed E-state index contributed by atoms with van der Waals surface area (Å²) in [7, 11) is 2.96. The van der Waals surface area contributed by atoms with Crippen LogP contribution >= 0.6 is 0 Å². The Morgan fingerprint density at radius 2 is 1.94 bits per heavy atom. The number of methoxy groups -OCH3 is 2. The molecule has 7 rings (SSSR count). The van der Waals surface area contributed by atoms with E-state index in [1.54, 1.807) is 23.6 Å². The Morgan fingerprint density at radius 3 is 2.71 bits per heavy atom. The van der Waals surface area contributed by atoms with Gasteiger partial charge in [-0.05, 0) is 37.1 Å². The number of aromatic nitrogens is 6. The van der Waals surface area contributed by atoms with Crippen molar-refractivity contribution < 1.29 is 32.0 Å². The van der Waals surface area contributed by atoms with Gasteiger partial charge in [-0.3, -0.25) is 4.79 Å². The third kappa shape index (κ3) is 6.03. The summed E-state index contributed by atoms with van der Waals surface area (Å²) in [5, 5.41) is 8.14. The molecule has 4 aromatic heterocycles. The van der Waals surface area contributed by atoms with E-state index >= 15 is 0 Å². The summed E-state index contributed by atoms with van der Waals surface area (Å²) >= 11 is 0. The highest BCUT2D eigenvalue weighted by Crippen LogP contribution is 2.36. The van der Waals surface area contributed by atoms with E-state index in [0.29, 0.717) is 48.1 Å². The summed E-state index contributed by atoms with van der Waals surface area (Å²) < 4.78 is 59.3. The number of H-pyrrole nitrogens is 1. The SMILES string of the molecule is COc1ccc2nc(C(F)(F)F)n(CC(=O)N3CC[C@H](NCc4cnoc4)C[C@H]3c3ncc(-c4cc5ccccc5nc4OC)[nH]3)c2c1. The second-order valence-corrected chi connectivity index (χ2v) is 11.5. The number of pyridine rings is 1. The first-order chi connectivity index (χ1) is 23.2. The van der Waals surface area contributed by atoms with Gasteiger partial charge in [0.25, 0.3) is 0 Å². The minimum atomic E-state index is -4.78. The lowest BCUT2D eigenvalue weighted by Crippen LogP contribution is -2.48. The van der Waals surface area contributed by atoms with Crippen molar-refractivity contribution in [3.63, 3.8) is 0 Å². The van der Waals surface area contributed by atoms with Crippen molar-refractivity contribution in [2.75, 3.05) is 20.8 Å². The number of rotatable bonds is 9. The number of aromatic amines is 1. The fourth-order valence-electron chi connectivity index (χ4n) is 6.21. The number of ether oxygens (including phenoxy) is 2. The third-order valence-corrected chi connectivity index (χ3v) is 8.59. The summed E-state index contributed by atoms with van der Waals surface area (Å²) in [6.45, 7) is 0.193. The molecule has 0 spiro atoms. The van der Waals surface area contributed by atoms with Crippen molar-refractivity contribution in [3.05, 3.63) is 84.4 Å². The van der Waals surface area contributed by atoms with E-state index in [0.717, 1.165) is 21.0 Å². The molecule has 6 aromatic rings. The van der Waals surface area contributed by atoms with Crippen molar-refractivity contribution in [1.29, 1.82) is 0 Å². The van der Waals surface area contributed by atoms with Crippen molar-refractivity contribution in [3.8, 4) is 22.9 Å². The third-order valence-electron chi connectivity index (χ3n) is 8.59. The Hall–Kier alpha value is -5.44. The zero-order valence-corrected chi connectivity index (χ0v) is 26.0. The highest BCUT2D eigenvalue weighted by molar-refractivity contribution is 5.85. The number of para-hydroxylation sites is 1. The van der Waals surface area contributed by atoms with Crippen LogP contribution in [0.3, 0.4) is 0 Å². The van der Waals surface area contributed by atoms with Gasteiger partial charge in [-0.25, -0.2) is 15.0 Å². The van der Waals surface area contributed by atoms with Gasteiger partial charge in [-0.15, -0.1) is 0 Å². The number of nitrogens with one attached hydrogen (secondary N) is 2. The maximum atomic E-state index is 14.2. The van der Waals surface area contributed by atoms with Crippen LogP contribution in [-0.2, 0) is 24.1 Å². The van der Waals surface area contributed by atoms with E-state index in [1.165, 1.54) is 32.4 Å². The van der Waals surface area contributed by atoms with Crippen LogP contribution in [0, 0.1) is 0 Å². The average Bonchev–Trinajstić information content (AvgIpc) is 3.87. The zero-order valence-electron chi connectivity index (χ0n) is 26.0. The molecular weight excluding hydrogens is 629 g/mol. The number of piperidine rings is 1. The van der Waals surface area contributed by atoms with E-state index in [2.05, 4.69) is 30.4 Å². The first-order valence-corrected chi connectivity index (χ1v) is 15.2. The van der Waals surface area contributed by atoms with Crippen LogP contribution in [0.4, 0.5) is 13.2 Å². The summed E-state index contributed by atoms with van der Waals surface area (Å²) in [6.07, 6.45) is 1.05. The monoisotopic (exact) mass is 660 g/mol. The van der Waals surface area contributed by atoms with Gasteiger partial charge in [-0.2, -0.15) is 13.2 Å². The maximum Gasteiger partial charge on any atom is 0.449 e. The molecule has 12 nitrogen and oxygen atoms in total. The summed E-state index contributed by atoms with van der Waals surface area (Å²) in [6, 6.07) is 13.4. The Balaban J connectivity index is 1.23. The molecule has 1 fully saturated rings. The van der Waals surface area contributed by atoms with E-state index in [1.807, 2.05) is 30.3 Å². The van der Waals surface area contributed by atoms with Crippen LogP contribution in [0.15, 0.2) is 71.7 Å². The molecule has 2 aromatic carbocycles. The molecule has 0 aliphatic carbocycles. The van der Waals surface area contributed by atoms with Crippen molar-refractivity contribution >= 4 is 27.8 Å². The number of benzene rings is 2. The van der Waals surface area contributed by atoms with E-state index in [9.17, 15) is 18.0 Å². The molecular formula is C33H31F3N8O4. The molecule has 1 saturated heterocycles. The van der Waals surface area contributed by atoms with Gasteiger partial charge in [0.15, 0.2) is 0 Å². The van der Waals surface area contributed by atoms with Crippen molar-refractivity contribution in [1.82, 2.24) is 39.9 Å². The molecule has 1 aliphatic heterocycles. The quantitative estimate of drug-likeness (QED) is 0.205. The molecule has 15 heteroatoms. The number of nitrogens with zero attached hydrogens (tertiary/aromatic N) is 6. The minimum absolute atomic E-state index is 0.0385. The Morgan fingerprint density at radius 1 is 1.08 bits per heavy atom. The predicted molar refractivity (Wildman–Crippen MR) is 168 cm³/mol. The molecule has 2 N–H and O–H groups in total. The van der Waals surface area contributed by atoms with Crippen molar-refractivity contribution in [2.45, 2.75) is 44.2 Å². The lowest BCUT2D eigenvalue weighted by Gasteiger charge is -2.39. The number of hydrogen-bond donors (Lipinski definition) is 2. The zero-order chi connectivity index (χ0) is 33.4. The van der Waals surface area contributed by atoms with Crippen LogP contribution in [0.25, 0.3) is 33.2 Å². The van der Waals surface area contributed by atoms with Crippen molar-refractivity contribution in [2.24, 2.45) is 0 Å². The second kappa shape index (κ2) is 12.6. The molecule has 5 heterocycles. The molecule has 0 radical (unpaired) electrons. The summed E-state index contributed by atoms with van der Waals surface area (Å²) in [5.41, 5.74) is 3.19. The van der Waals surface area contributed by atoms with Crippen LogP contribution in [0.2, 0.25) is 0 Å². The molecule has 2 atom stereocenters. The number of halogens is 3. The largest absolute Gasteiger partial charge is 0.497 e. The highest BCUT2D eigenvalue weighted by atomic mass is 19.4. The number of carbonyl (C=O) groups excluding carboxylic acids is 1. The molecule has 1 amide bonds. The topological polar surface area (TPSA) is 136 Å². The number of amides is 1. The van der Waals surface area contributed by atoms with Crippen LogP contribution < -0.4 is 14.8 Å². The fourth-order valence-corrected chi connectivity index (χ4v) is 6.21. The summed E-state index contributed by atoms with van der Waals surface area (Å²) in [5.74, 6) is -0.427. The van der Waals surface area contributed by atoms with Gasteiger partial charge in [-0.1, -0.05) is 23.4 Å². The summed E-state index contributed by atoms with van der Waals surface area (Å²) in [4.78, 5) is 32.1. The average molecular weight is 661 g/mol. The highest BCUT2D eigenvalue weighted by Gasteiger charge is 2.40. The number of alkyl halides is 3. The molecule has 0 bridgehead atoms. The smallest absolute Gasteiger partial charge is 0.449 e. The predicted octanol–water partition coefficient (Wildman–Crippen LogP) is 5.52. The normalized spacial score (nSPS) is 16.9. The first-order valence-electron chi connectivity index (χ1n) is 15.2. The second-order valence-electron chi connectivity index (χ2n) is 11.5. The lowest BCUT2D eigenvalue weighted by atomic mass is 9.96. The standard InChI is InChI=1S/C33H31F3N8O4/c1-46-22-7-8-25-27(13-22)44(32(42-25)33(34,35)36)17-29(45)43-10-9-21(37-14-19-15-39-48-18-19)12-28(43)30-38-16-26(40-30)23-11-20-5-3-4-6-24(20)41-31(23)47-2/h3-8,11,13,15-16,18,21,28,37H,9-10,12,14,17H2,1-2H3,(H,38,40)/t21-,28-/m0/s1. The molecule has 0 saturated carbocycles. The van der Waals surface area contributed by atoms with Gasteiger partial charge >= 0.3 is 6.18 Å². The van der Waals surface area contributed by atoms with Crippen LogP contribution in [0.1, 0.15) is 36.1 Å². The minimum Gasteiger partial charge on any atom is -0.497 e. The fraction of sp³-hybridized carbons (Fsp3) is 0.303. The molecule has 0 unspecified atom stereocenters. The molecule has 1 aliphatic rings. The van der Waals surface area contributed by atoms with Gasteiger partial charge in [0.1, 0.15) is 24.4 Å². The first kappa shape index (κ1) is 31.2. The molecule has 248 valence electrons. The number of carbonyl (C=O) groups is 1. The number of likely N-dealkylation sites (tertiary alicyclic amines) is 1. The molecule has 48 heavy (non-hydrogen) atoms. The maximum absolute atomic E-state index is 14.2. The lowest BCUT2D eigenvalue weighted by molar-refractivity contribution is -0.148. The van der Waals surface area contributed by atoms with Gasteiger partial charge in [0, 0.05) is 36.1 Å². The Labute approximate surface area is 271 Å². The van der Waals surface area contributed by atoms with E-state index < -0.39 is 30.5 Å². The van der Waals surface area contributed by atoms with E-state index in [-0.39, 0.29) is 23.6 Å². The number of hydrogen-bond acceptors (Lipinski definition) is 9. The Bertz CT molecular complexity index is 2070. The number of fused-ring (bicyclic) bond motifs is 2.